The normalized spacial score (nSPS) is 20.4. The van der Waals surface area contributed by atoms with E-state index in [-0.39, 0.29) is 6.29 Å². The van der Waals surface area contributed by atoms with Crippen LogP contribution in [0.2, 0.25) is 0 Å². The molecule has 1 radical (unpaired) electrons. The highest BCUT2D eigenvalue weighted by Gasteiger charge is 2.19. The first-order chi connectivity index (χ1) is 7.36. The number of hydrogen-bond donors (Lipinski definition) is 0. The maximum absolute atomic E-state index is 5.86. The summed E-state index contributed by atoms with van der Waals surface area (Å²) in [7, 11) is 0. The molecule has 0 aromatic rings. The summed E-state index contributed by atoms with van der Waals surface area (Å²) in [6.07, 6.45) is 6.37. The number of hydrogen-bond acceptors (Lipinski definition) is 3. The second-order valence-corrected chi connectivity index (χ2v) is 3.86. The zero-order chi connectivity index (χ0) is 10.9. The lowest BCUT2D eigenvalue weighted by Gasteiger charge is -2.27. The maximum atomic E-state index is 5.86. The van der Waals surface area contributed by atoms with E-state index < -0.39 is 0 Å². The van der Waals surface area contributed by atoms with Gasteiger partial charge >= 0.3 is 0 Å². The molecular weight excluding hydrogens is 192 g/mol. The molecule has 1 aliphatic carbocycles. The Bertz CT molecular complexity index is 144. The molecule has 1 fully saturated rings. The fraction of sp³-hybridized carbons (Fsp3) is 0.917. The van der Waals surface area contributed by atoms with E-state index in [4.69, 9.17) is 14.2 Å². The van der Waals surface area contributed by atoms with Crippen molar-refractivity contribution >= 4 is 0 Å². The minimum atomic E-state index is -0.208. The van der Waals surface area contributed by atoms with Gasteiger partial charge in [-0.3, -0.25) is 0 Å². The van der Waals surface area contributed by atoms with Gasteiger partial charge < -0.3 is 14.2 Å². The largest absolute Gasteiger partial charge is 0.376 e. The zero-order valence-electron chi connectivity index (χ0n) is 9.74. The summed E-state index contributed by atoms with van der Waals surface area (Å²) < 4.78 is 16.6. The van der Waals surface area contributed by atoms with Crippen molar-refractivity contribution in [3.63, 3.8) is 0 Å². The van der Waals surface area contributed by atoms with E-state index in [2.05, 4.69) is 6.92 Å². The van der Waals surface area contributed by atoms with Crippen LogP contribution in [0.25, 0.3) is 0 Å². The molecule has 3 nitrogen and oxygen atoms in total. The quantitative estimate of drug-likeness (QED) is 0.611. The minimum Gasteiger partial charge on any atom is -0.376 e. The Labute approximate surface area is 93.1 Å². The Kier molecular flexibility index (Phi) is 6.98. The van der Waals surface area contributed by atoms with Gasteiger partial charge in [0.15, 0.2) is 6.29 Å². The van der Waals surface area contributed by atoms with Crippen molar-refractivity contribution in [2.75, 3.05) is 19.8 Å². The third kappa shape index (κ3) is 5.50. The van der Waals surface area contributed by atoms with E-state index in [1.165, 1.54) is 19.3 Å². The highest BCUT2D eigenvalue weighted by molar-refractivity contribution is 4.66. The molecule has 1 unspecified atom stereocenters. The fourth-order valence-electron chi connectivity index (χ4n) is 1.91. The molecule has 0 aromatic carbocycles. The SMILES string of the molecule is [CH2]COCC(OCC)OC1CCCCC1. The van der Waals surface area contributed by atoms with Gasteiger partial charge in [-0.15, -0.1) is 0 Å². The third-order valence-corrected chi connectivity index (χ3v) is 2.65. The average Bonchev–Trinajstić information content (AvgIpc) is 2.28. The van der Waals surface area contributed by atoms with Crippen molar-refractivity contribution in [2.24, 2.45) is 0 Å². The van der Waals surface area contributed by atoms with Gasteiger partial charge in [0.2, 0.25) is 0 Å². The molecule has 0 heterocycles. The average molecular weight is 215 g/mol. The molecule has 1 saturated carbocycles. The van der Waals surface area contributed by atoms with Crippen LogP contribution in [0.5, 0.6) is 0 Å². The van der Waals surface area contributed by atoms with Crippen LogP contribution < -0.4 is 0 Å². The topological polar surface area (TPSA) is 27.7 Å². The van der Waals surface area contributed by atoms with Gasteiger partial charge in [-0.1, -0.05) is 19.3 Å². The molecule has 0 amide bonds. The van der Waals surface area contributed by atoms with E-state index in [0.29, 0.717) is 25.9 Å². The summed E-state index contributed by atoms with van der Waals surface area (Å²) in [6.45, 7) is 7.23. The monoisotopic (exact) mass is 215 g/mol. The molecule has 0 saturated heterocycles. The predicted octanol–water partition coefficient (Wildman–Crippen LogP) is 2.55. The lowest BCUT2D eigenvalue weighted by atomic mass is 9.98. The summed E-state index contributed by atoms with van der Waals surface area (Å²) in [5.41, 5.74) is 0. The number of ether oxygens (including phenoxy) is 3. The zero-order valence-corrected chi connectivity index (χ0v) is 9.74. The molecule has 1 atom stereocenters. The number of rotatable bonds is 7. The molecule has 0 aromatic heterocycles. The molecule has 1 rings (SSSR count). The van der Waals surface area contributed by atoms with Crippen LogP contribution in [0.1, 0.15) is 39.0 Å². The summed E-state index contributed by atoms with van der Waals surface area (Å²) in [5, 5.41) is 0. The van der Waals surface area contributed by atoms with Crippen molar-refractivity contribution < 1.29 is 14.2 Å². The summed E-state index contributed by atoms with van der Waals surface area (Å²) in [4.78, 5) is 0. The van der Waals surface area contributed by atoms with Gasteiger partial charge in [0.25, 0.3) is 0 Å². The Morgan fingerprint density at radius 3 is 2.60 bits per heavy atom. The Hall–Kier alpha value is -0.120. The molecule has 15 heavy (non-hydrogen) atoms. The first-order valence-electron chi connectivity index (χ1n) is 6.00. The molecule has 0 aliphatic heterocycles. The van der Waals surface area contributed by atoms with E-state index in [1.807, 2.05) is 6.92 Å². The minimum absolute atomic E-state index is 0.208. The Morgan fingerprint density at radius 1 is 1.27 bits per heavy atom. The summed E-state index contributed by atoms with van der Waals surface area (Å²) in [6, 6.07) is 0. The predicted molar refractivity (Wildman–Crippen MR) is 59.5 cm³/mol. The highest BCUT2D eigenvalue weighted by Crippen LogP contribution is 2.21. The molecule has 1 aliphatic rings. The molecule has 0 N–H and O–H groups in total. The van der Waals surface area contributed by atoms with Crippen LogP contribution in [-0.4, -0.2) is 32.2 Å². The Balaban J connectivity index is 2.21. The van der Waals surface area contributed by atoms with Crippen molar-refractivity contribution in [3.8, 4) is 0 Å². The van der Waals surface area contributed by atoms with Crippen molar-refractivity contribution in [3.05, 3.63) is 6.92 Å². The molecule has 0 bridgehead atoms. The lowest BCUT2D eigenvalue weighted by Crippen LogP contribution is -2.30. The van der Waals surface area contributed by atoms with Gasteiger partial charge in [0.05, 0.1) is 12.7 Å². The third-order valence-electron chi connectivity index (χ3n) is 2.65. The molecule has 89 valence electrons. The summed E-state index contributed by atoms with van der Waals surface area (Å²) in [5.74, 6) is 0. The van der Waals surface area contributed by atoms with Crippen LogP contribution in [0.15, 0.2) is 0 Å². The second-order valence-electron chi connectivity index (χ2n) is 3.86. The smallest absolute Gasteiger partial charge is 0.181 e. The fourth-order valence-corrected chi connectivity index (χ4v) is 1.91. The highest BCUT2D eigenvalue weighted by atomic mass is 16.7. The van der Waals surface area contributed by atoms with Crippen LogP contribution >= 0.6 is 0 Å². The van der Waals surface area contributed by atoms with Crippen molar-refractivity contribution in [1.82, 2.24) is 0 Å². The van der Waals surface area contributed by atoms with Gasteiger partial charge in [-0.25, -0.2) is 0 Å². The molecule has 3 heteroatoms. The standard InChI is InChI=1S/C12H23O3/c1-3-13-10-12(14-4-2)15-11-8-6-5-7-9-11/h11-12H,1,3-10H2,2H3. The summed E-state index contributed by atoms with van der Waals surface area (Å²) >= 11 is 0. The van der Waals surface area contributed by atoms with Crippen LogP contribution in [0, 0.1) is 6.92 Å². The van der Waals surface area contributed by atoms with Gasteiger partial charge in [0, 0.05) is 13.2 Å². The van der Waals surface area contributed by atoms with Crippen molar-refractivity contribution in [1.29, 1.82) is 0 Å². The molecule has 0 spiro atoms. The van der Waals surface area contributed by atoms with E-state index >= 15 is 0 Å². The van der Waals surface area contributed by atoms with E-state index in [9.17, 15) is 0 Å². The second kappa shape index (κ2) is 8.08. The Morgan fingerprint density at radius 2 is 2.00 bits per heavy atom. The molecular formula is C12H23O3. The first kappa shape index (κ1) is 12.9. The van der Waals surface area contributed by atoms with Gasteiger partial charge in [0.1, 0.15) is 0 Å². The van der Waals surface area contributed by atoms with Crippen LogP contribution in [0.4, 0.5) is 0 Å². The van der Waals surface area contributed by atoms with E-state index in [1.54, 1.807) is 0 Å². The van der Waals surface area contributed by atoms with Crippen LogP contribution in [0.3, 0.4) is 0 Å². The van der Waals surface area contributed by atoms with Crippen molar-refractivity contribution in [2.45, 2.75) is 51.4 Å². The van der Waals surface area contributed by atoms with Crippen LogP contribution in [-0.2, 0) is 14.2 Å². The first-order valence-corrected chi connectivity index (χ1v) is 6.00. The van der Waals surface area contributed by atoms with E-state index in [0.717, 1.165) is 12.8 Å². The maximum Gasteiger partial charge on any atom is 0.181 e. The van der Waals surface area contributed by atoms with Gasteiger partial charge in [-0.2, -0.15) is 0 Å². The lowest BCUT2D eigenvalue weighted by molar-refractivity contribution is -0.197. The van der Waals surface area contributed by atoms with Gasteiger partial charge in [-0.05, 0) is 26.7 Å².